The molecule has 0 spiro atoms. The molecule has 0 saturated carbocycles. The number of hydrogen-bond donors (Lipinski definition) is 0. The van der Waals surface area contributed by atoms with Crippen molar-refractivity contribution in [3.05, 3.63) is 12.2 Å². The molecule has 0 radical (unpaired) electrons. The molecule has 0 fully saturated rings. The molecule has 0 aliphatic carbocycles. The van der Waals surface area contributed by atoms with Crippen LogP contribution in [0.25, 0.3) is 0 Å². The molecule has 0 bridgehead atoms. The minimum atomic E-state index is -0.494. The molecule has 0 aliphatic heterocycles. The van der Waals surface area contributed by atoms with Crippen molar-refractivity contribution in [2.75, 3.05) is 14.2 Å². The number of rotatable bonds is 4. The van der Waals surface area contributed by atoms with E-state index in [4.69, 9.17) is 4.74 Å². The quantitative estimate of drug-likeness (QED) is 0.475. The molecular formula is C9H16O3. The molecule has 2 atom stereocenters. The molecule has 70 valence electrons. The molecule has 3 heteroatoms. The molecule has 0 aromatic rings. The van der Waals surface area contributed by atoms with Gasteiger partial charge in [0.15, 0.2) is 6.10 Å². The molecule has 0 rings (SSSR count). The van der Waals surface area contributed by atoms with Crippen LogP contribution in [0.2, 0.25) is 0 Å². The van der Waals surface area contributed by atoms with Gasteiger partial charge in [-0.15, -0.1) is 0 Å². The first-order valence-electron chi connectivity index (χ1n) is 3.90. The molecule has 0 heterocycles. The number of esters is 1. The average molecular weight is 172 g/mol. The third-order valence-electron chi connectivity index (χ3n) is 1.66. The lowest BCUT2D eigenvalue weighted by molar-refractivity contribution is -0.154. The number of ether oxygens (including phenoxy) is 2. The van der Waals surface area contributed by atoms with E-state index in [1.54, 1.807) is 0 Å². The minimum absolute atomic E-state index is 0.0486. The van der Waals surface area contributed by atoms with Crippen molar-refractivity contribution in [3.63, 3.8) is 0 Å². The van der Waals surface area contributed by atoms with Crippen molar-refractivity contribution >= 4 is 5.97 Å². The highest BCUT2D eigenvalue weighted by molar-refractivity contribution is 5.75. The summed E-state index contributed by atoms with van der Waals surface area (Å²) < 4.78 is 9.56. The van der Waals surface area contributed by atoms with Crippen LogP contribution < -0.4 is 0 Å². The lowest BCUT2D eigenvalue weighted by Crippen LogP contribution is -2.30. The second-order valence-electron chi connectivity index (χ2n) is 2.56. The van der Waals surface area contributed by atoms with Gasteiger partial charge in [-0.2, -0.15) is 0 Å². The Morgan fingerprint density at radius 3 is 2.33 bits per heavy atom. The second kappa shape index (κ2) is 5.77. The highest BCUT2D eigenvalue weighted by Crippen LogP contribution is 2.09. The Balaban J connectivity index is 4.23. The molecule has 0 unspecified atom stereocenters. The molecule has 3 nitrogen and oxygen atoms in total. The Kier molecular flexibility index (Phi) is 5.37. The van der Waals surface area contributed by atoms with Gasteiger partial charge in [0.1, 0.15) is 0 Å². The van der Waals surface area contributed by atoms with Crippen molar-refractivity contribution < 1.29 is 14.3 Å². The van der Waals surface area contributed by atoms with Gasteiger partial charge < -0.3 is 9.47 Å². The van der Waals surface area contributed by atoms with E-state index in [1.165, 1.54) is 14.2 Å². The van der Waals surface area contributed by atoms with Gasteiger partial charge in [-0.3, -0.25) is 0 Å². The first-order chi connectivity index (χ1) is 5.67. The lowest BCUT2D eigenvalue weighted by atomic mass is 10.0. The van der Waals surface area contributed by atoms with E-state index in [0.29, 0.717) is 0 Å². The van der Waals surface area contributed by atoms with Crippen LogP contribution in [0.5, 0.6) is 0 Å². The SMILES string of the molecule is C/C=C/[C@H](C)[C@H](OC)C(=O)OC. The molecule has 12 heavy (non-hydrogen) atoms. The number of carbonyl (C=O) groups excluding carboxylic acids is 1. The minimum Gasteiger partial charge on any atom is -0.467 e. The lowest BCUT2D eigenvalue weighted by Gasteiger charge is -2.16. The zero-order valence-corrected chi connectivity index (χ0v) is 8.03. The molecular weight excluding hydrogens is 156 g/mol. The highest BCUT2D eigenvalue weighted by atomic mass is 16.6. The maximum Gasteiger partial charge on any atom is 0.335 e. The summed E-state index contributed by atoms with van der Waals surface area (Å²) >= 11 is 0. The normalized spacial score (nSPS) is 16.0. The fourth-order valence-electron chi connectivity index (χ4n) is 1.05. The third kappa shape index (κ3) is 3.05. The van der Waals surface area contributed by atoms with Crippen LogP contribution >= 0.6 is 0 Å². The summed E-state index contributed by atoms with van der Waals surface area (Å²) in [6.07, 6.45) is 3.30. The first kappa shape index (κ1) is 11.2. The van der Waals surface area contributed by atoms with Crippen molar-refractivity contribution in [1.82, 2.24) is 0 Å². The van der Waals surface area contributed by atoms with Crippen LogP contribution in [0.3, 0.4) is 0 Å². The van der Waals surface area contributed by atoms with Gasteiger partial charge in [0.2, 0.25) is 0 Å². The summed E-state index contributed by atoms with van der Waals surface area (Å²) in [6, 6.07) is 0. The average Bonchev–Trinajstić information content (AvgIpc) is 2.06. The van der Waals surface area contributed by atoms with Gasteiger partial charge in [0.25, 0.3) is 0 Å². The number of hydrogen-bond acceptors (Lipinski definition) is 3. The topological polar surface area (TPSA) is 35.5 Å². The second-order valence-corrected chi connectivity index (χ2v) is 2.56. The molecule has 0 aromatic carbocycles. The fraction of sp³-hybridized carbons (Fsp3) is 0.667. The van der Waals surface area contributed by atoms with Crippen LogP contribution in [-0.2, 0) is 14.3 Å². The van der Waals surface area contributed by atoms with Crippen LogP contribution in [0, 0.1) is 5.92 Å². The van der Waals surface area contributed by atoms with Crippen LogP contribution in [-0.4, -0.2) is 26.3 Å². The first-order valence-corrected chi connectivity index (χ1v) is 3.90. The molecule has 0 N–H and O–H groups in total. The van der Waals surface area contributed by atoms with E-state index >= 15 is 0 Å². The predicted molar refractivity (Wildman–Crippen MR) is 46.8 cm³/mol. The maximum absolute atomic E-state index is 11.1. The standard InChI is InChI=1S/C9H16O3/c1-5-6-7(2)8(11-3)9(10)12-4/h5-8H,1-4H3/b6-5+/t7-,8-/m0/s1. The monoisotopic (exact) mass is 172 g/mol. The number of methoxy groups -OCH3 is 2. The number of allylic oxidation sites excluding steroid dienone is 1. The maximum atomic E-state index is 11.1. The fourth-order valence-corrected chi connectivity index (χ4v) is 1.05. The van der Waals surface area contributed by atoms with Gasteiger partial charge in [0, 0.05) is 13.0 Å². The highest BCUT2D eigenvalue weighted by Gasteiger charge is 2.23. The van der Waals surface area contributed by atoms with E-state index < -0.39 is 6.10 Å². The Morgan fingerprint density at radius 2 is 2.00 bits per heavy atom. The Labute approximate surface area is 73.4 Å². The summed E-state index contributed by atoms with van der Waals surface area (Å²) in [5.41, 5.74) is 0. The van der Waals surface area contributed by atoms with E-state index in [1.807, 2.05) is 26.0 Å². The summed E-state index contributed by atoms with van der Waals surface area (Å²) in [6.45, 7) is 3.81. The van der Waals surface area contributed by atoms with E-state index in [2.05, 4.69) is 4.74 Å². The number of carbonyl (C=O) groups is 1. The Hall–Kier alpha value is -0.830. The van der Waals surface area contributed by atoms with Crippen molar-refractivity contribution in [2.24, 2.45) is 5.92 Å². The summed E-state index contributed by atoms with van der Waals surface area (Å²) in [5.74, 6) is -0.282. The van der Waals surface area contributed by atoms with Crippen LogP contribution in [0.15, 0.2) is 12.2 Å². The molecule has 0 aromatic heterocycles. The van der Waals surface area contributed by atoms with Crippen molar-refractivity contribution in [2.45, 2.75) is 20.0 Å². The van der Waals surface area contributed by atoms with Gasteiger partial charge >= 0.3 is 5.97 Å². The van der Waals surface area contributed by atoms with Gasteiger partial charge in [-0.1, -0.05) is 19.1 Å². The molecule has 0 aliphatic rings. The zero-order chi connectivity index (χ0) is 9.56. The molecule has 0 amide bonds. The van der Waals surface area contributed by atoms with Gasteiger partial charge in [-0.05, 0) is 6.92 Å². The van der Waals surface area contributed by atoms with Crippen molar-refractivity contribution in [1.29, 1.82) is 0 Å². The van der Waals surface area contributed by atoms with E-state index in [-0.39, 0.29) is 11.9 Å². The van der Waals surface area contributed by atoms with Gasteiger partial charge in [-0.25, -0.2) is 4.79 Å². The predicted octanol–water partition coefficient (Wildman–Crippen LogP) is 1.39. The third-order valence-corrected chi connectivity index (χ3v) is 1.66. The summed E-state index contributed by atoms with van der Waals surface area (Å²) in [7, 11) is 2.86. The van der Waals surface area contributed by atoms with Gasteiger partial charge in [0.05, 0.1) is 7.11 Å². The summed E-state index contributed by atoms with van der Waals surface area (Å²) in [4.78, 5) is 11.1. The Morgan fingerprint density at radius 1 is 1.42 bits per heavy atom. The van der Waals surface area contributed by atoms with E-state index in [9.17, 15) is 4.79 Å². The smallest absolute Gasteiger partial charge is 0.335 e. The van der Waals surface area contributed by atoms with Crippen LogP contribution in [0.1, 0.15) is 13.8 Å². The largest absolute Gasteiger partial charge is 0.467 e. The molecule has 0 saturated heterocycles. The summed E-state index contributed by atoms with van der Waals surface area (Å²) in [5, 5.41) is 0. The van der Waals surface area contributed by atoms with E-state index in [0.717, 1.165) is 0 Å². The Bertz CT molecular complexity index is 163. The van der Waals surface area contributed by atoms with Crippen molar-refractivity contribution in [3.8, 4) is 0 Å². The zero-order valence-electron chi connectivity index (χ0n) is 8.03. The van der Waals surface area contributed by atoms with Crippen LogP contribution in [0.4, 0.5) is 0 Å².